The smallest absolute Gasteiger partial charge is 0.241 e. The number of aryl methyl sites for hydroxylation is 3. The molecule has 0 radical (unpaired) electrons. The van der Waals surface area contributed by atoms with Crippen LogP contribution in [0.5, 0.6) is 5.75 Å². The first-order valence-corrected chi connectivity index (χ1v) is 9.22. The molecule has 0 aliphatic rings. The van der Waals surface area contributed by atoms with E-state index in [4.69, 9.17) is 9.88 Å². The van der Waals surface area contributed by atoms with E-state index in [9.17, 15) is 8.42 Å². The maximum Gasteiger partial charge on any atom is 0.241 e. The molecule has 2 N–H and O–H groups in total. The number of halogens is 1. The molecule has 8 heteroatoms. The number of aromatic nitrogens is 1. The predicted octanol–water partition coefficient (Wildman–Crippen LogP) is 3.06. The van der Waals surface area contributed by atoms with Crippen LogP contribution in [0.3, 0.4) is 0 Å². The summed E-state index contributed by atoms with van der Waals surface area (Å²) in [6.45, 7) is 5.89. The van der Waals surface area contributed by atoms with Crippen molar-refractivity contribution in [3.8, 4) is 5.75 Å². The topological polar surface area (TPSA) is 82.3 Å². The standard InChI is InChI=1S/C13H15BrN2O3S2/c1-7-4-10(14)5-11(21(15,17)18)13(7)19-6-12-16-8(2)9(3)20-12/h4-5H,6H2,1-3H3,(H2,15,17,18). The number of hydrogen-bond donors (Lipinski definition) is 1. The normalized spacial score (nSPS) is 11.7. The van der Waals surface area contributed by atoms with Crippen LogP contribution in [0.25, 0.3) is 0 Å². The van der Waals surface area contributed by atoms with Gasteiger partial charge in [-0.05, 0) is 38.5 Å². The van der Waals surface area contributed by atoms with Gasteiger partial charge in [0.2, 0.25) is 10.0 Å². The fourth-order valence-corrected chi connectivity index (χ4v) is 4.17. The summed E-state index contributed by atoms with van der Waals surface area (Å²) in [5.41, 5.74) is 1.65. The SMILES string of the molecule is Cc1cc(Br)cc(S(N)(=O)=O)c1OCc1nc(C)c(C)s1. The summed E-state index contributed by atoms with van der Waals surface area (Å²) in [6.07, 6.45) is 0. The van der Waals surface area contributed by atoms with Crippen LogP contribution in [-0.2, 0) is 16.6 Å². The zero-order valence-electron chi connectivity index (χ0n) is 11.8. The molecule has 21 heavy (non-hydrogen) atoms. The van der Waals surface area contributed by atoms with E-state index in [1.54, 1.807) is 13.0 Å². The minimum Gasteiger partial charge on any atom is -0.485 e. The van der Waals surface area contributed by atoms with Gasteiger partial charge in [0.15, 0.2) is 0 Å². The van der Waals surface area contributed by atoms with E-state index >= 15 is 0 Å². The molecule has 1 aromatic carbocycles. The highest BCUT2D eigenvalue weighted by molar-refractivity contribution is 9.10. The number of rotatable bonds is 4. The maximum absolute atomic E-state index is 11.7. The minimum absolute atomic E-state index is 0.0284. The summed E-state index contributed by atoms with van der Waals surface area (Å²) in [4.78, 5) is 5.46. The van der Waals surface area contributed by atoms with Crippen molar-refractivity contribution in [2.24, 2.45) is 5.14 Å². The molecule has 0 aliphatic heterocycles. The van der Waals surface area contributed by atoms with E-state index in [1.807, 2.05) is 13.8 Å². The molecule has 0 fully saturated rings. The van der Waals surface area contributed by atoms with E-state index in [-0.39, 0.29) is 17.3 Å². The second-order valence-corrected chi connectivity index (χ2v) is 8.37. The number of primary sulfonamides is 1. The molecule has 0 saturated heterocycles. The van der Waals surface area contributed by atoms with Crippen molar-refractivity contribution in [2.45, 2.75) is 32.3 Å². The summed E-state index contributed by atoms with van der Waals surface area (Å²) in [7, 11) is -3.86. The van der Waals surface area contributed by atoms with Gasteiger partial charge >= 0.3 is 0 Å². The first-order chi connectivity index (χ1) is 9.68. The molecule has 1 heterocycles. The highest BCUT2D eigenvalue weighted by Gasteiger charge is 2.19. The van der Waals surface area contributed by atoms with Crippen LogP contribution < -0.4 is 9.88 Å². The fraction of sp³-hybridized carbons (Fsp3) is 0.308. The van der Waals surface area contributed by atoms with Crippen molar-refractivity contribution in [1.29, 1.82) is 0 Å². The lowest BCUT2D eigenvalue weighted by Gasteiger charge is -2.12. The average molecular weight is 391 g/mol. The number of ether oxygens (including phenoxy) is 1. The average Bonchev–Trinajstić information content (AvgIpc) is 2.65. The van der Waals surface area contributed by atoms with Gasteiger partial charge in [0, 0.05) is 9.35 Å². The molecule has 0 saturated carbocycles. The molecule has 2 aromatic rings. The summed E-state index contributed by atoms with van der Waals surface area (Å²) in [5.74, 6) is 0.270. The van der Waals surface area contributed by atoms with Crippen molar-refractivity contribution in [3.05, 3.63) is 37.7 Å². The van der Waals surface area contributed by atoms with Crippen LogP contribution in [0.1, 0.15) is 21.1 Å². The van der Waals surface area contributed by atoms with Gasteiger partial charge in [-0.1, -0.05) is 15.9 Å². The van der Waals surface area contributed by atoms with Crippen LogP contribution in [0.4, 0.5) is 0 Å². The summed E-state index contributed by atoms with van der Waals surface area (Å²) < 4.78 is 29.7. The Balaban J connectivity index is 2.35. The zero-order chi connectivity index (χ0) is 15.8. The number of thiazole rings is 1. The lowest BCUT2D eigenvalue weighted by Crippen LogP contribution is -2.14. The Morgan fingerprint density at radius 2 is 2.00 bits per heavy atom. The highest BCUT2D eigenvalue weighted by atomic mass is 79.9. The number of hydrogen-bond acceptors (Lipinski definition) is 5. The van der Waals surface area contributed by atoms with E-state index < -0.39 is 10.0 Å². The first-order valence-electron chi connectivity index (χ1n) is 6.07. The van der Waals surface area contributed by atoms with Crippen LogP contribution in [0, 0.1) is 20.8 Å². The van der Waals surface area contributed by atoms with Crippen molar-refractivity contribution in [1.82, 2.24) is 4.98 Å². The third-order valence-electron chi connectivity index (χ3n) is 2.92. The van der Waals surface area contributed by atoms with Crippen LogP contribution in [-0.4, -0.2) is 13.4 Å². The Kier molecular flexibility index (Phi) is 4.72. The predicted molar refractivity (Wildman–Crippen MR) is 86.2 cm³/mol. The van der Waals surface area contributed by atoms with Crippen molar-refractivity contribution in [2.75, 3.05) is 0 Å². The summed E-state index contributed by atoms with van der Waals surface area (Å²) >= 11 is 4.79. The second kappa shape index (κ2) is 6.04. The molecule has 1 aromatic heterocycles. The number of nitrogens with two attached hydrogens (primary N) is 1. The Bertz CT molecular complexity index is 765. The summed E-state index contributed by atoms with van der Waals surface area (Å²) in [5, 5.41) is 6.05. The molecule has 0 atom stereocenters. The monoisotopic (exact) mass is 390 g/mol. The van der Waals surface area contributed by atoms with Crippen LogP contribution in [0.2, 0.25) is 0 Å². The lowest BCUT2D eigenvalue weighted by molar-refractivity contribution is 0.295. The Labute approximate surface area is 136 Å². The molecular formula is C13H15BrN2O3S2. The van der Waals surface area contributed by atoms with Crippen molar-refractivity contribution in [3.63, 3.8) is 0 Å². The highest BCUT2D eigenvalue weighted by Crippen LogP contribution is 2.32. The number of benzene rings is 1. The third-order valence-corrected chi connectivity index (χ3v) is 5.35. The third kappa shape index (κ3) is 3.82. The quantitative estimate of drug-likeness (QED) is 0.869. The van der Waals surface area contributed by atoms with E-state index in [0.29, 0.717) is 10.0 Å². The van der Waals surface area contributed by atoms with E-state index in [2.05, 4.69) is 20.9 Å². The van der Waals surface area contributed by atoms with E-state index in [0.717, 1.165) is 15.6 Å². The van der Waals surface area contributed by atoms with Gasteiger partial charge < -0.3 is 4.74 Å². The fourth-order valence-electron chi connectivity index (χ4n) is 1.83. The first kappa shape index (κ1) is 16.4. The van der Waals surface area contributed by atoms with Crippen LogP contribution >= 0.6 is 27.3 Å². The molecule has 0 bridgehead atoms. The van der Waals surface area contributed by atoms with Gasteiger partial charge in [-0.15, -0.1) is 11.3 Å². The molecule has 0 unspecified atom stereocenters. The van der Waals surface area contributed by atoms with Crippen molar-refractivity contribution < 1.29 is 13.2 Å². The summed E-state index contributed by atoms with van der Waals surface area (Å²) in [6, 6.07) is 3.22. The van der Waals surface area contributed by atoms with Gasteiger partial charge in [0.25, 0.3) is 0 Å². The Hall–Kier alpha value is -0.960. The Morgan fingerprint density at radius 1 is 1.33 bits per heavy atom. The lowest BCUT2D eigenvalue weighted by atomic mass is 10.2. The molecule has 0 spiro atoms. The molecule has 0 aliphatic carbocycles. The van der Waals surface area contributed by atoms with Crippen molar-refractivity contribution >= 4 is 37.3 Å². The maximum atomic E-state index is 11.7. The second-order valence-electron chi connectivity index (χ2n) is 4.63. The van der Waals surface area contributed by atoms with Gasteiger partial charge in [-0.25, -0.2) is 18.5 Å². The van der Waals surface area contributed by atoms with Gasteiger partial charge in [-0.3, -0.25) is 0 Å². The van der Waals surface area contributed by atoms with Crippen LogP contribution in [0.15, 0.2) is 21.5 Å². The molecule has 5 nitrogen and oxygen atoms in total. The Morgan fingerprint density at radius 3 is 2.52 bits per heavy atom. The number of sulfonamides is 1. The van der Waals surface area contributed by atoms with Gasteiger partial charge in [0.05, 0.1) is 5.69 Å². The molecule has 0 amide bonds. The minimum atomic E-state index is -3.86. The van der Waals surface area contributed by atoms with Gasteiger partial charge in [0.1, 0.15) is 22.3 Å². The molecule has 114 valence electrons. The zero-order valence-corrected chi connectivity index (χ0v) is 15.0. The van der Waals surface area contributed by atoms with Gasteiger partial charge in [-0.2, -0.15) is 0 Å². The van der Waals surface area contributed by atoms with E-state index in [1.165, 1.54) is 17.4 Å². The largest absolute Gasteiger partial charge is 0.485 e. The molecular weight excluding hydrogens is 376 g/mol. The molecule has 2 rings (SSSR count). The number of nitrogens with zero attached hydrogens (tertiary/aromatic N) is 1.